The standard InChI is InChI=1S/C23H23FN4O2/c1-4-21(30)27(15(3)29)20-13-17(11-12-25-20)22-19-10-5-14(2)28(19)26-23(22)16-6-8-18(24)9-7-16/h6-9,11-14H,4-5,10H2,1-3H3. The van der Waals surface area contributed by atoms with E-state index in [2.05, 4.69) is 11.9 Å². The number of aromatic nitrogens is 3. The summed E-state index contributed by atoms with van der Waals surface area (Å²) >= 11 is 0. The van der Waals surface area contributed by atoms with E-state index >= 15 is 0 Å². The maximum Gasteiger partial charge on any atom is 0.234 e. The first-order valence-electron chi connectivity index (χ1n) is 10.1. The highest BCUT2D eigenvalue weighted by Gasteiger charge is 2.28. The molecule has 0 fully saturated rings. The number of hydrogen-bond acceptors (Lipinski definition) is 4. The number of hydrogen-bond donors (Lipinski definition) is 0. The molecule has 1 aliphatic heterocycles. The smallest absolute Gasteiger partial charge is 0.234 e. The lowest BCUT2D eigenvalue weighted by Gasteiger charge is -2.18. The van der Waals surface area contributed by atoms with Gasteiger partial charge in [0.05, 0.1) is 0 Å². The van der Waals surface area contributed by atoms with Crippen molar-refractivity contribution in [1.29, 1.82) is 0 Å². The molecule has 1 unspecified atom stereocenters. The van der Waals surface area contributed by atoms with Gasteiger partial charge in [-0.1, -0.05) is 6.92 Å². The largest absolute Gasteiger partial charge is 0.274 e. The van der Waals surface area contributed by atoms with Gasteiger partial charge in [-0.25, -0.2) is 14.3 Å². The number of amides is 2. The van der Waals surface area contributed by atoms with E-state index in [9.17, 15) is 14.0 Å². The minimum Gasteiger partial charge on any atom is -0.274 e. The minimum absolute atomic E-state index is 0.201. The third-order valence-corrected chi connectivity index (χ3v) is 5.47. The van der Waals surface area contributed by atoms with Crippen LogP contribution in [0.4, 0.5) is 10.2 Å². The van der Waals surface area contributed by atoms with E-state index in [-0.39, 0.29) is 30.1 Å². The molecule has 3 heterocycles. The molecule has 3 aromatic rings. The fourth-order valence-corrected chi connectivity index (χ4v) is 3.97. The monoisotopic (exact) mass is 406 g/mol. The van der Waals surface area contributed by atoms with Gasteiger partial charge in [-0.3, -0.25) is 14.3 Å². The van der Waals surface area contributed by atoms with E-state index in [4.69, 9.17) is 5.10 Å². The Morgan fingerprint density at radius 2 is 1.93 bits per heavy atom. The summed E-state index contributed by atoms with van der Waals surface area (Å²) in [7, 11) is 0. The van der Waals surface area contributed by atoms with Crippen molar-refractivity contribution in [2.45, 2.75) is 46.1 Å². The van der Waals surface area contributed by atoms with Gasteiger partial charge in [-0.15, -0.1) is 0 Å². The van der Waals surface area contributed by atoms with E-state index in [1.54, 1.807) is 31.3 Å². The Morgan fingerprint density at radius 1 is 1.20 bits per heavy atom. The third-order valence-electron chi connectivity index (χ3n) is 5.47. The molecule has 0 spiro atoms. The van der Waals surface area contributed by atoms with Gasteiger partial charge in [0, 0.05) is 42.4 Å². The Labute approximate surface area is 174 Å². The van der Waals surface area contributed by atoms with Gasteiger partial charge in [0.2, 0.25) is 11.8 Å². The van der Waals surface area contributed by atoms with Crippen molar-refractivity contribution in [2.24, 2.45) is 0 Å². The van der Waals surface area contributed by atoms with Crippen molar-refractivity contribution in [1.82, 2.24) is 14.8 Å². The summed E-state index contributed by atoms with van der Waals surface area (Å²) in [5, 5.41) is 4.84. The van der Waals surface area contributed by atoms with E-state index in [1.165, 1.54) is 19.1 Å². The summed E-state index contributed by atoms with van der Waals surface area (Å²) in [6.07, 6.45) is 3.66. The van der Waals surface area contributed by atoms with Gasteiger partial charge in [0.25, 0.3) is 0 Å². The molecule has 0 N–H and O–H groups in total. The van der Waals surface area contributed by atoms with Crippen LogP contribution in [0, 0.1) is 5.82 Å². The zero-order chi connectivity index (χ0) is 21.4. The fraction of sp³-hybridized carbons (Fsp3) is 0.304. The number of anilines is 1. The Morgan fingerprint density at radius 3 is 2.60 bits per heavy atom. The van der Waals surface area contributed by atoms with Crippen molar-refractivity contribution in [3.8, 4) is 22.4 Å². The number of fused-ring (bicyclic) bond motifs is 1. The van der Waals surface area contributed by atoms with Crippen molar-refractivity contribution in [3.05, 3.63) is 54.1 Å². The lowest BCUT2D eigenvalue weighted by atomic mass is 9.98. The number of carbonyl (C=O) groups is 2. The molecule has 0 saturated carbocycles. The Hall–Kier alpha value is -3.35. The van der Waals surface area contributed by atoms with Gasteiger partial charge in [-0.05, 0) is 61.7 Å². The van der Waals surface area contributed by atoms with Crippen molar-refractivity contribution in [2.75, 3.05) is 4.90 Å². The van der Waals surface area contributed by atoms with Crippen LogP contribution in [0.1, 0.15) is 45.3 Å². The number of carbonyl (C=O) groups excluding carboxylic acids is 2. The molecule has 30 heavy (non-hydrogen) atoms. The van der Waals surface area contributed by atoms with E-state index in [0.717, 1.165) is 45.8 Å². The van der Waals surface area contributed by atoms with Crippen LogP contribution in [-0.2, 0) is 16.0 Å². The zero-order valence-electron chi connectivity index (χ0n) is 17.2. The Bertz CT molecular complexity index is 1120. The summed E-state index contributed by atoms with van der Waals surface area (Å²) in [6.45, 7) is 5.18. The predicted octanol–water partition coefficient (Wildman–Crippen LogP) is 4.55. The zero-order valence-corrected chi connectivity index (χ0v) is 17.2. The molecule has 0 radical (unpaired) electrons. The maximum atomic E-state index is 13.5. The maximum absolute atomic E-state index is 13.5. The Balaban J connectivity index is 1.89. The highest BCUT2D eigenvalue weighted by molar-refractivity contribution is 6.13. The molecule has 2 amide bonds. The molecule has 2 aromatic heterocycles. The number of pyridine rings is 1. The summed E-state index contributed by atoms with van der Waals surface area (Å²) in [5.41, 5.74) is 4.42. The van der Waals surface area contributed by atoms with Crippen LogP contribution < -0.4 is 4.90 Å². The van der Waals surface area contributed by atoms with Crippen molar-refractivity contribution < 1.29 is 14.0 Å². The van der Waals surface area contributed by atoms with Gasteiger partial charge in [-0.2, -0.15) is 5.10 Å². The topological polar surface area (TPSA) is 68.1 Å². The molecule has 0 aliphatic carbocycles. The minimum atomic E-state index is -0.376. The first-order valence-corrected chi connectivity index (χ1v) is 10.1. The van der Waals surface area contributed by atoms with Gasteiger partial charge >= 0.3 is 0 Å². The third kappa shape index (κ3) is 3.40. The second kappa shape index (κ2) is 7.82. The molecular formula is C23H23FN4O2. The highest BCUT2D eigenvalue weighted by atomic mass is 19.1. The van der Waals surface area contributed by atoms with E-state index < -0.39 is 0 Å². The quantitative estimate of drug-likeness (QED) is 0.638. The van der Waals surface area contributed by atoms with Gasteiger partial charge < -0.3 is 0 Å². The summed E-state index contributed by atoms with van der Waals surface area (Å²) < 4.78 is 15.5. The fourth-order valence-electron chi connectivity index (χ4n) is 3.97. The van der Waals surface area contributed by atoms with Crippen LogP contribution in [0.5, 0.6) is 0 Å². The van der Waals surface area contributed by atoms with Crippen LogP contribution >= 0.6 is 0 Å². The molecule has 6 nitrogen and oxygen atoms in total. The molecule has 0 saturated heterocycles. The molecular weight excluding hydrogens is 383 g/mol. The van der Waals surface area contributed by atoms with Crippen LogP contribution in [0.25, 0.3) is 22.4 Å². The number of benzene rings is 1. The van der Waals surface area contributed by atoms with Crippen molar-refractivity contribution in [3.63, 3.8) is 0 Å². The summed E-state index contributed by atoms with van der Waals surface area (Å²) in [4.78, 5) is 29.8. The first kappa shape index (κ1) is 19.9. The van der Waals surface area contributed by atoms with Crippen LogP contribution in [0.3, 0.4) is 0 Å². The molecule has 1 aromatic carbocycles. The SMILES string of the molecule is CCC(=O)N(C(C)=O)c1cc(-c2c(-c3ccc(F)cc3)nn3c2CCC3C)ccn1. The average molecular weight is 406 g/mol. The Kier molecular flexibility index (Phi) is 5.20. The highest BCUT2D eigenvalue weighted by Crippen LogP contribution is 2.41. The van der Waals surface area contributed by atoms with Gasteiger partial charge in [0.15, 0.2) is 0 Å². The lowest BCUT2D eigenvalue weighted by molar-refractivity contribution is -0.125. The average Bonchev–Trinajstić information content (AvgIpc) is 3.28. The molecule has 7 heteroatoms. The summed E-state index contributed by atoms with van der Waals surface area (Å²) in [6, 6.07) is 10.1. The van der Waals surface area contributed by atoms with Crippen LogP contribution in [-0.4, -0.2) is 26.6 Å². The van der Waals surface area contributed by atoms with E-state index in [0.29, 0.717) is 5.82 Å². The predicted molar refractivity (Wildman–Crippen MR) is 112 cm³/mol. The number of rotatable bonds is 4. The summed E-state index contributed by atoms with van der Waals surface area (Å²) in [5.74, 6) is -0.691. The van der Waals surface area contributed by atoms with Crippen LogP contribution in [0.15, 0.2) is 42.6 Å². The first-order chi connectivity index (χ1) is 14.4. The molecule has 154 valence electrons. The lowest BCUT2D eigenvalue weighted by Crippen LogP contribution is -2.35. The number of halogens is 1. The number of imide groups is 1. The number of nitrogens with zero attached hydrogens (tertiary/aromatic N) is 4. The second-order valence-corrected chi connectivity index (χ2v) is 7.51. The molecule has 4 rings (SSSR count). The van der Waals surface area contributed by atoms with Crippen LogP contribution in [0.2, 0.25) is 0 Å². The second-order valence-electron chi connectivity index (χ2n) is 7.51. The van der Waals surface area contributed by atoms with Crippen molar-refractivity contribution >= 4 is 17.6 Å². The molecule has 1 aliphatic rings. The van der Waals surface area contributed by atoms with E-state index in [1.807, 2.05) is 10.7 Å². The molecule has 0 bridgehead atoms. The normalized spacial score (nSPS) is 15.1. The molecule has 1 atom stereocenters. The van der Waals surface area contributed by atoms with Gasteiger partial charge in [0.1, 0.15) is 17.3 Å².